The van der Waals surface area contributed by atoms with Crippen molar-refractivity contribution in [2.24, 2.45) is 5.92 Å². The van der Waals surface area contributed by atoms with E-state index in [1.807, 2.05) is 42.5 Å². The molecule has 5 rings (SSSR count). The Labute approximate surface area is 195 Å². The molecule has 9 heteroatoms. The van der Waals surface area contributed by atoms with Crippen LogP contribution < -0.4 is 9.96 Å². The lowest BCUT2D eigenvalue weighted by molar-refractivity contribution is -0.137. The zero-order valence-corrected chi connectivity index (χ0v) is 18.5. The van der Waals surface area contributed by atoms with Crippen molar-refractivity contribution in [3.63, 3.8) is 0 Å². The maximum atomic E-state index is 13.5. The Kier molecular flexibility index (Phi) is 5.25. The third kappa shape index (κ3) is 3.71. The first kappa shape index (κ1) is 21.7. The first-order valence-electron chi connectivity index (χ1n) is 10.1. The second-order valence-electron chi connectivity index (χ2n) is 7.77. The summed E-state index contributed by atoms with van der Waals surface area (Å²) in [5.74, 6) is -2.22. The molecule has 0 aromatic heterocycles. The van der Waals surface area contributed by atoms with Gasteiger partial charge in [-0.05, 0) is 48.0 Å². The molecule has 0 spiro atoms. The van der Waals surface area contributed by atoms with Gasteiger partial charge in [0.05, 0.1) is 23.0 Å². The van der Waals surface area contributed by atoms with Crippen molar-refractivity contribution in [2.45, 2.75) is 18.3 Å². The topological polar surface area (TPSA) is 49.9 Å². The number of amides is 2. The van der Waals surface area contributed by atoms with Crippen LogP contribution in [0.1, 0.15) is 17.2 Å². The van der Waals surface area contributed by atoms with E-state index in [-0.39, 0.29) is 5.69 Å². The van der Waals surface area contributed by atoms with Crippen LogP contribution >= 0.6 is 15.9 Å². The number of alkyl halides is 3. The molecule has 5 nitrogen and oxygen atoms in total. The number of hydrogen-bond donors (Lipinski definition) is 0. The predicted molar refractivity (Wildman–Crippen MR) is 118 cm³/mol. The van der Waals surface area contributed by atoms with E-state index in [0.29, 0.717) is 5.69 Å². The maximum absolute atomic E-state index is 13.5. The smallest absolute Gasteiger partial charge is 0.273 e. The third-order valence-corrected chi connectivity index (χ3v) is 6.24. The number of carbonyl (C=O) groups is 2. The van der Waals surface area contributed by atoms with Crippen molar-refractivity contribution in [3.8, 4) is 0 Å². The van der Waals surface area contributed by atoms with Crippen LogP contribution in [0.5, 0.6) is 0 Å². The van der Waals surface area contributed by atoms with Gasteiger partial charge >= 0.3 is 6.18 Å². The van der Waals surface area contributed by atoms with E-state index in [1.54, 1.807) is 12.1 Å². The average Bonchev–Trinajstić information content (AvgIpc) is 3.30. The van der Waals surface area contributed by atoms with Crippen molar-refractivity contribution in [2.75, 3.05) is 9.96 Å². The fourth-order valence-electron chi connectivity index (χ4n) is 4.32. The largest absolute Gasteiger partial charge is 0.416 e. The van der Waals surface area contributed by atoms with E-state index < -0.39 is 41.6 Å². The van der Waals surface area contributed by atoms with Gasteiger partial charge in [0.15, 0.2) is 6.10 Å². The lowest BCUT2D eigenvalue weighted by Crippen LogP contribution is -2.37. The normalized spacial score (nSPS) is 22.7. The molecule has 2 saturated heterocycles. The molecule has 3 aromatic carbocycles. The monoisotopic (exact) mass is 516 g/mol. The lowest BCUT2D eigenvalue weighted by atomic mass is 9.90. The number of fused-ring (bicyclic) bond motifs is 1. The molecule has 0 saturated carbocycles. The summed E-state index contributed by atoms with van der Waals surface area (Å²) in [5.41, 5.74) is 0.320. The predicted octanol–water partition coefficient (Wildman–Crippen LogP) is 5.52. The van der Waals surface area contributed by atoms with Crippen LogP contribution in [-0.4, -0.2) is 17.9 Å². The molecule has 3 atom stereocenters. The van der Waals surface area contributed by atoms with Crippen molar-refractivity contribution < 1.29 is 27.6 Å². The van der Waals surface area contributed by atoms with Crippen LogP contribution in [0.2, 0.25) is 0 Å². The molecule has 2 aliphatic heterocycles. The summed E-state index contributed by atoms with van der Waals surface area (Å²) in [5, 5.41) is 1.54. The number of anilines is 2. The molecular weight excluding hydrogens is 501 g/mol. The van der Waals surface area contributed by atoms with Gasteiger partial charge in [-0.1, -0.05) is 52.3 Å². The van der Waals surface area contributed by atoms with Crippen molar-refractivity contribution in [1.82, 2.24) is 0 Å². The Balaban J connectivity index is 1.58. The first-order valence-corrected chi connectivity index (χ1v) is 10.9. The summed E-state index contributed by atoms with van der Waals surface area (Å²) in [6.07, 6.45) is -5.76. The molecule has 2 aliphatic rings. The first-order chi connectivity index (χ1) is 15.8. The number of imide groups is 1. The summed E-state index contributed by atoms with van der Waals surface area (Å²) in [7, 11) is 0. The minimum Gasteiger partial charge on any atom is -0.273 e. The number of nitrogens with zero attached hydrogens (tertiary/aromatic N) is 2. The molecule has 2 fully saturated rings. The van der Waals surface area contributed by atoms with Gasteiger partial charge in [0.2, 0.25) is 5.91 Å². The minimum absolute atomic E-state index is 0.128. The van der Waals surface area contributed by atoms with Gasteiger partial charge in [0, 0.05) is 4.47 Å². The van der Waals surface area contributed by atoms with Crippen LogP contribution in [0.4, 0.5) is 24.5 Å². The van der Waals surface area contributed by atoms with Gasteiger partial charge in [-0.3, -0.25) is 14.4 Å². The number of hydroxylamine groups is 1. The highest BCUT2D eigenvalue weighted by Gasteiger charge is 2.60. The van der Waals surface area contributed by atoms with Gasteiger partial charge in [-0.25, -0.2) is 9.96 Å². The zero-order valence-electron chi connectivity index (χ0n) is 16.9. The van der Waals surface area contributed by atoms with Crippen LogP contribution in [0, 0.1) is 5.92 Å². The van der Waals surface area contributed by atoms with Crippen LogP contribution in [0.15, 0.2) is 83.3 Å². The summed E-state index contributed by atoms with van der Waals surface area (Å²) in [6, 6.07) is 19.9. The highest BCUT2D eigenvalue weighted by atomic mass is 79.9. The van der Waals surface area contributed by atoms with Gasteiger partial charge < -0.3 is 0 Å². The summed E-state index contributed by atoms with van der Waals surface area (Å²) >= 11 is 3.43. The van der Waals surface area contributed by atoms with Gasteiger partial charge in [-0.2, -0.15) is 13.2 Å². The summed E-state index contributed by atoms with van der Waals surface area (Å²) < 4.78 is 40.4. The lowest BCUT2D eigenvalue weighted by Gasteiger charge is -2.29. The molecule has 2 amide bonds. The zero-order chi connectivity index (χ0) is 23.3. The Bertz CT molecular complexity index is 1230. The number of carbonyl (C=O) groups excluding carboxylic acids is 2. The number of rotatable bonds is 3. The second kappa shape index (κ2) is 8.00. The molecule has 3 aromatic rings. The standard InChI is InChI=1S/C24H16BrF3N2O3/c25-16-8-4-6-14(12-16)20-19-21(33-30(20)17-9-2-1-3-10-17)23(32)29(22(19)31)18-11-5-7-15(13-18)24(26,27)28/h1-13,19-21H. The molecule has 168 valence electrons. The number of hydrogen-bond acceptors (Lipinski definition) is 4. The second-order valence-corrected chi connectivity index (χ2v) is 8.69. The SMILES string of the molecule is O=C1C2ON(c3ccccc3)C(c3cccc(Br)c3)C2C(=O)N1c1cccc(C(F)(F)F)c1. The Hall–Kier alpha value is -3.17. The molecular formula is C24H16BrF3N2O3. The molecule has 0 N–H and O–H groups in total. The van der Waals surface area contributed by atoms with Crippen molar-refractivity contribution >= 4 is 39.1 Å². The Morgan fingerprint density at radius 2 is 1.52 bits per heavy atom. The Morgan fingerprint density at radius 3 is 2.21 bits per heavy atom. The van der Waals surface area contributed by atoms with E-state index in [0.717, 1.165) is 27.1 Å². The van der Waals surface area contributed by atoms with Crippen LogP contribution in [0.25, 0.3) is 0 Å². The molecule has 0 radical (unpaired) electrons. The average molecular weight is 517 g/mol. The molecule has 0 bridgehead atoms. The van der Waals surface area contributed by atoms with Gasteiger partial charge in [-0.15, -0.1) is 0 Å². The fraction of sp³-hybridized carbons (Fsp3) is 0.167. The molecule has 3 unspecified atom stereocenters. The van der Waals surface area contributed by atoms with E-state index in [9.17, 15) is 22.8 Å². The summed E-state index contributed by atoms with van der Waals surface area (Å²) in [6.45, 7) is 0. The highest BCUT2D eigenvalue weighted by molar-refractivity contribution is 9.10. The molecule has 33 heavy (non-hydrogen) atoms. The highest BCUT2D eigenvalue weighted by Crippen LogP contribution is 2.48. The Morgan fingerprint density at radius 1 is 0.818 bits per heavy atom. The van der Waals surface area contributed by atoms with E-state index in [1.165, 1.54) is 17.2 Å². The van der Waals surface area contributed by atoms with E-state index >= 15 is 0 Å². The number of benzene rings is 3. The number of para-hydroxylation sites is 1. The molecule has 2 heterocycles. The van der Waals surface area contributed by atoms with Crippen molar-refractivity contribution in [1.29, 1.82) is 0 Å². The van der Waals surface area contributed by atoms with E-state index in [2.05, 4.69) is 15.9 Å². The summed E-state index contributed by atoms with van der Waals surface area (Å²) in [4.78, 5) is 33.5. The van der Waals surface area contributed by atoms with E-state index in [4.69, 9.17) is 4.84 Å². The van der Waals surface area contributed by atoms with Gasteiger partial charge in [0.25, 0.3) is 5.91 Å². The van der Waals surface area contributed by atoms with Crippen LogP contribution in [0.3, 0.4) is 0 Å². The fourth-order valence-corrected chi connectivity index (χ4v) is 4.74. The minimum atomic E-state index is -4.60. The molecule has 0 aliphatic carbocycles. The number of halogens is 4. The van der Waals surface area contributed by atoms with Gasteiger partial charge in [0.1, 0.15) is 5.92 Å². The maximum Gasteiger partial charge on any atom is 0.416 e. The van der Waals surface area contributed by atoms with Crippen molar-refractivity contribution in [3.05, 3.63) is 94.5 Å². The third-order valence-electron chi connectivity index (χ3n) is 5.75. The quantitative estimate of drug-likeness (QED) is 0.430. The van der Waals surface area contributed by atoms with Crippen LogP contribution in [-0.2, 0) is 20.6 Å².